The van der Waals surface area contributed by atoms with Crippen LogP contribution < -0.4 is 42.5 Å². The van der Waals surface area contributed by atoms with Crippen molar-refractivity contribution in [1.29, 1.82) is 0 Å². The second-order valence-electron chi connectivity index (χ2n) is 8.76. The lowest BCUT2D eigenvalue weighted by Crippen LogP contribution is -2.48. The summed E-state index contributed by atoms with van der Waals surface area (Å²) in [5.74, 6) is 0. The molecule has 0 aromatic heterocycles. The number of hydrogen-bond acceptors (Lipinski definition) is 7. The van der Waals surface area contributed by atoms with Crippen LogP contribution in [-0.2, 0) is 13.0 Å². The highest BCUT2D eigenvalue weighted by Crippen LogP contribution is 2.14. The van der Waals surface area contributed by atoms with Gasteiger partial charge in [-0.2, -0.15) is 0 Å². The highest BCUT2D eigenvalue weighted by molar-refractivity contribution is 7.80. The van der Waals surface area contributed by atoms with Crippen LogP contribution in [0.15, 0.2) is 48.5 Å². The molecule has 0 radical (unpaired) electrons. The molecule has 0 fully saturated rings. The first-order valence-corrected chi connectivity index (χ1v) is 17.7. The zero-order valence-electron chi connectivity index (χ0n) is 22.9. The molecule has 2 aromatic carbocycles. The number of urea groups is 1. The monoisotopic (exact) mass is 652 g/mol. The summed E-state index contributed by atoms with van der Waals surface area (Å²) in [7, 11) is -1.24. The van der Waals surface area contributed by atoms with Gasteiger partial charge in [0, 0.05) is 50.1 Å². The zero-order valence-corrected chi connectivity index (χ0v) is 27.6. The molecule has 4 aliphatic heterocycles. The number of nitrogens with one attached hydrogen (secondary N) is 8. The van der Waals surface area contributed by atoms with E-state index in [1.807, 2.05) is 36.4 Å². The van der Waals surface area contributed by atoms with Gasteiger partial charge in [0.15, 0.2) is 15.3 Å². The number of anilines is 4. The normalized spacial score (nSPS) is 20.2. The van der Waals surface area contributed by atoms with Crippen molar-refractivity contribution in [3.63, 3.8) is 0 Å². The summed E-state index contributed by atoms with van der Waals surface area (Å²) < 4.78 is 17.2. The van der Waals surface area contributed by atoms with Gasteiger partial charge in [0.05, 0.1) is 12.3 Å². The Morgan fingerprint density at radius 1 is 0.610 bits per heavy atom. The maximum atomic E-state index is 12.4. The van der Waals surface area contributed by atoms with Gasteiger partial charge in [-0.1, -0.05) is 0 Å². The Morgan fingerprint density at radius 3 is 1.39 bits per heavy atom. The Morgan fingerprint density at radius 2 is 0.976 bits per heavy atom. The summed E-state index contributed by atoms with van der Waals surface area (Å²) in [6.45, 7) is 1.46. The molecule has 2 atom stereocenters. The van der Waals surface area contributed by atoms with E-state index in [1.54, 1.807) is 26.4 Å². The summed E-state index contributed by atoms with van der Waals surface area (Å²) >= 11 is 16.2. The van der Waals surface area contributed by atoms with Crippen molar-refractivity contribution in [2.45, 2.75) is 12.8 Å². The Labute approximate surface area is 259 Å². The van der Waals surface area contributed by atoms with Crippen LogP contribution in [0.2, 0.25) is 0 Å². The first-order valence-electron chi connectivity index (χ1n) is 12.9. The second kappa shape index (κ2) is 17.8. The third-order valence-corrected chi connectivity index (χ3v) is 11.0. The molecule has 4 aliphatic rings. The van der Waals surface area contributed by atoms with E-state index in [0.717, 1.165) is 43.0 Å². The molecule has 0 saturated carbocycles. The molecule has 2 unspecified atom stereocenters. The summed E-state index contributed by atoms with van der Waals surface area (Å²) in [6.07, 6.45) is 2.50. The Kier molecular flexibility index (Phi) is 14.2. The molecule has 0 aliphatic carbocycles. The van der Waals surface area contributed by atoms with Crippen molar-refractivity contribution < 1.29 is 17.8 Å². The minimum atomic E-state index is -2.23. The molecule has 4 heterocycles. The molecule has 17 heteroatoms. The van der Waals surface area contributed by atoms with Gasteiger partial charge in [-0.05, 0) is 98.0 Å². The fourth-order valence-electron chi connectivity index (χ4n) is 3.52. The Bertz CT molecular complexity index is 1080. The van der Waals surface area contributed by atoms with Crippen LogP contribution in [0.5, 0.6) is 0 Å². The smallest absolute Gasteiger partial charge is 0.332 e. The third-order valence-electron chi connectivity index (χ3n) is 5.66. The largest absolute Gasteiger partial charge is 0.417 e. The molecule has 2 amide bonds. The van der Waals surface area contributed by atoms with Crippen molar-refractivity contribution in [1.82, 2.24) is 21.3 Å². The maximum Gasteiger partial charge on any atom is 0.332 e. The number of hydrogen-bond donors (Lipinski definition) is 8. The molecule has 41 heavy (non-hydrogen) atoms. The van der Waals surface area contributed by atoms with E-state index in [-0.39, 0.29) is 12.2 Å². The van der Waals surface area contributed by atoms with Crippen LogP contribution in [0.25, 0.3) is 0 Å². The fourth-order valence-corrected chi connectivity index (χ4v) is 8.38. The Balaban J connectivity index is 1.61. The van der Waals surface area contributed by atoms with Crippen LogP contribution >= 0.6 is 36.7 Å². The van der Waals surface area contributed by atoms with Crippen molar-refractivity contribution in [3.05, 3.63) is 48.5 Å². The number of carbonyl (C=O) groups is 1. The molecule has 8 N–H and O–H groups in total. The lowest BCUT2D eigenvalue weighted by molar-refractivity contribution is 0.249. The van der Waals surface area contributed by atoms with Crippen molar-refractivity contribution in [2.75, 3.05) is 60.9 Å². The quantitative estimate of drug-likeness (QED) is 0.177. The van der Waals surface area contributed by atoms with Gasteiger partial charge >= 0.3 is 24.6 Å². The van der Waals surface area contributed by atoms with Crippen molar-refractivity contribution in [3.8, 4) is 0 Å². The van der Waals surface area contributed by atoms with Gasteiger partial charge in [0.25, 0.3) is 0 Å². The van der Waals surface area contributed by atoms with Crippen LogP contribution in [0.4, 0.5) is 27.5 Å². The van der Waals surface area contributed by atoms with E-state index in [2.05, 4.69) is 42.5 Å². The minimum absolute atomic E-state index is 0.261. The van der Waals surface area contributed by atoms with Crippen molar-refractivity contribution >= 4 is 99.3 Å². The van der Waals surface area contributed by atoms with E-state index in [9.17, 15) is 4.79 Å². The molecule has 222 valence electrons. The predicted molar refractivity (Wildman–Crippen MR) is 181 cm³/mol. The van der Waals surface area contributed by atoms with Crippen molar-refractivity contribution in [2.24, 2.45) is 0 Å². The summed E-state index contributed by atoms with van der Waals surface area (Å²) in [5, 5.41) is 26.2. The van der Waals surface area contributed by atoms with Crippen LogP contribution in [0, 0.1) is 0 Å². The molecule has 6 rings (SSSR count). The molecule has 0 saturated heterocycles. The van der Waals surface area contributed by atoms with Gasteiger partial charge in [0.1, 0.15) is 0 Å². The number of rotatable bonds is 2. The SMILES string of the molecule is CO[SiH]1CNC(=O)Nc2ccc(cc2)NC(=S)NCCCCNC(=S)Nc2ccc(cc2)NC(=S)NC[SiH](OC)O1. The minimum Gasteiger partial charge on any atom is -0.417 e. The van der Waals surface area contributed by atoms with Crippen LogP contribution in [0.3, 0.4) is 0 Å². The average Bonchev–Trinajstić information content (AvgIpc) is 2.96. The van der Waals surface area contributed by atoms with Crippen LogP contribution in [-0.4, -0.2) is 79.6 Å². The van der Waals surface area contributed by atoms with Gasteiger partial charge < -0.3 is 55.5 Å². The van der Waals surface area contributed by atoms with Gasteiger partial charge in [-0.25, -0.2) is 4.79 Å². The highest BCUT2D eigenvalue weighted by atomic mass is 32.1. The number of carbonyl (C=O) groups excluding carboxylic acids is 1. The molecular formula is C24H36N8O4S3Si2. The maximum absolute atomic E-state index is 12.4. The first kappa shape index (κ1) is 32.6. The van der Waals surface area contributed by atoms with Gasteiger partial charge in [-0.3, -0.25) is 0 Å². The van der Waals surface area contributed by atoms with Crippen LogP contribution in [0.1, 0.15) is 12.8 Å². The lowest BCUT2D eigenvalue weighted by atomic mass is 10.3. The molecule has 2 aromatic rings. The first-order chi connectivity index (χ1) is 19.8. The van der Waals surface area contributed by atoms with E-state index >= 15 is 0 Å². The van der Waals surface area contributed by atoms with E-state index in [0.29, 0.717) is 27.2 Å². The van der Waals surface area contributed by atoms with Gasteiger partial charge in [-0.15, -0.1) is 0 Å². The molecule has 4 bridgehead atoms. The predicted octanol–water partition coefficient (Wildman–Crippen LogP) is 1.99. The lowest BCUT2D eigenvalue weighted by Gasteiger charge is -2.22. The number of amides is 2. The fraction of sp³-hybridized carbons (Fsp3) is 0.333. The summed E-state index contributed by atoms with van der Waals surface area (Å²) in [6, 6.07) is 14.5. The number of benzene rings is 2. The highest BCUT2D eigenvalue weighted by Gasteiger charge is 2.22. The van der Waals surface area contributed by atoms with E-state index < -0.39 is 18.6 Å². The third kappa shape index (κ3) is 12.7. The van der Waals surface area contributed by atoms with Gasteiger partial charge in [0.2, 0.25) is 0 Å². The number of thiocarbonyl (C=S) groups is 3. The standard InChI is InChI=1S/C24H36N8O4S3Si2/c1-34-40-15-27-21(33)29-17-5-7-18(8-6-17)30-22(37)25-13-3-4-14-26-23(38)31-19-9-11-20(12-10-19)32-24(39)28-16-41(35-2)36-40/h5-12,40-41H,3-4,13-16H2,1-2H3,(H2,25,30,37)(H2,26,31,38)(H2,27,29,33)(H2,28,32,39). The van der Waals surface area contributed by atoms with E-state index in [1.165, 1.54) is 0 Å². The average molecular weight is 653 g/mol. The Hall–Kier alpha value is -2.91. The topological polar surface area (TPSA) is 141 Å². The second-order valence-corrected chi connectivity index (χ2v) is 14.6. The summed E-state index contributed by atoms with van der Waals surface area (Å²) in [4.78, 5) is 12.4. The van der Waals surface area contributed by atoms with E-state index in [4.69, 9.17) is 49.6 Å². The zero-order chi connectivity index (χ0) is 29.5. The molecular weight excluding hydrogens is 617 g/mol. The molecule has 12 nitrogen and oxygen atoms in total. The molecule has 0 spiro atoms. The summed E-state index contributed by atoms with van der Waals surface area (Å²) in [5.41, 5.74) is 3.13.